The quantitative estimate of drug-likeness (QED) is 0.256. The van der Waals surface area contributed by atoms with E-state index >= 15 is 0 Å². The summed E-state index contributed by atoms with van der Waals surface area (Å²) >= 11 is 0. The highest BCUT2D eigenvalue weighted by molar-refractivity contribution is 6.05. The minimum Gasteiger partial charge on any atom is -0.338 e. The van der Waals surface area contributed by atoms with Gasteiger partial charge in [0.1, 0.15) is 23.5 Å². The van der Waals surface area contributed by atoms with Gasteiger partial charge in [-0.15, -0.1) is 0 Å². The smallest absolute Gasteiger partial charge is 0.338 e. The first kappa shape index (κ1) is 28.7. The molecule has 0 saturated carbocycles. The van der Waals surface area contributed by atoms with Crippen LogP contribution in [0.1, 0.15) is 46.3 Å². The van der Waals surface area contributed by atoms with E-state index in [0.29, 0.717) is 53.6 Å². The Hall–Kier alpha value is -4.39. The van der Waals surface area contributed by atoms with E-state index in [1.54, 1.807) is 35.4 Å². The molecule has 2 N–H and O–H groups in total. The van der Waals surface area contributed by atoms with Gasteiger partial charge in [-0.1, -0.05) is 6.07 Å². The van der Waals surface area contributed by atoms with E-state index < -0.39 is 23.8 Å². The highest BCUT2D eigenvalue weighted by atomic mass is 19.4. The molecule has 0 bridgehead atoms. The van der Waals surface area contributed by atoms with Crippen molar-refractivity contribution in [1.29, 1.82) is 0 Å². The molecule has 0 unspecified atom stereocenters. The van der Waals surface area contributed by atoms with E-state index in [2.05, 4.69) is 35.5 Å². The van der Waals surface area contributed by atoms with Gasteiger partial charge >= 0.3 is 6.18 Å². The van der Waals surface area contributed by atoms with Crippen LogP contribution in [0.2, 0.25) is 0 Å². The normalized spacial score (nSPS) is 17.5. The van der Waals surface area contributed by atoms with Crippen LogP contribution in [0, 0.1) is 6.92 Å². The van der Waals surface area contributed by atoms with Gasteiger partial charge in [0, 0.05) is 30.0 Å². The molecular formula is C30H30F4N8O. The van der Waals surface area contributed by atoms with Crippen LogP contribution < -0.4 is 15.5 Å². The van der Waals surface area contributed by atoms with E-state index in [1.165, 1.54) is 6.33 Å². The molecule has 0 radical (unpaired) electrons. The molecule has 0 aliphatic carbocycles. The second kappa shape index (κ2) is 11.7. The number of benzene rings is 2. The lowest BCUT2D eigenvalue weighted by atomic mass is 10.1. The van der Waals surface area contributed by atoms with Crippen molar-refractivity contribution in [2.75, 3.05) is 41.7 Å². The summed E-state index contributed by atoms with van der Waals surface area (Å²) in [6, 6.07) is 8.63. The summed E-state index contributed by atoms with van der Waals surface area (Å²) in [5.41, 5.74) is 2.27. The zero-order valence-corrected chi connectivity index (χ0v) is 23.5. The average Bonchev–Trinajstić information content (AvgIpc) is 3.65. The molecule has 2 fully saturated rings. The highest BCUT2D eigenvalue weighted by Gasteiger charge is 2.32. The number of nitrogens with one attached hydrogen (secondary N) is 2. The van der Waals surface area contributed by atoms with Crippen molar-refractivity contribution >= 4 is 40.1 Å². The molecule has 0 spiro atoms. The van der Waals surface area contributed by atoms with Crippen molar-refractivity contribution in [3.63, 3.8) is 0 Å². The number of hydrogen-bond acceptors (Lipinski definition) is 8. The molecule has 4 aromatic rings. The molecule has 2 saturated heterocycles. The van der Waals surface area contributed by atoms with E-state index in [-0.39, 0.29) is 17.8 Å². The van der Waals surface area contributed by atoms with Gasteiger partial charge in [-0.05, 0) is 80.7 Å². The van der Waals surface area contributed by atoms with E-state index in [4.69, 9.17) is 0 Å². The molecule has 2 aliphatic heterocycles. The second-order valence-corrected chi connectivity index (χ2v) is 11.0. The van der Waals surface area contributed by atoms with Crippen molar-refractivity contribution in [1.82, 2.24) is 24.8 Å². The third-order valence-electron chi connectivity index (χ3n) is 7.71. The van der Waals surface area contributed by atoms with Crippen LogP contribution in [0.25, 0.3) is 11.0 Å². The summed E-state index contributed by atoms with van der Waals surface area (Å²) in [6.45, 7) is 4.62. The number of rotatable bonds is 7. The average molecular weight is 595 g/mol. The van der Waals surface area contributed by atoms with Gasteiger partial charge in [0.25, 0.3) is 5.91 Å². The topological polar surface area (TPSA) is 99.2 Å². The second-order valence-electron chi connectivity index (χ2n) is 11.0. The number of amides is 1. The van der Waals surface area contributed by atoms with Gasteiger partial charge in [-0.2, -0.15) is 13.2 Å². The number of halogens is 4. The Balaban J connectivity index is 1.25. The molecule has 2 aromatic heterocycles. The lowest BCUT2D eigenvalue weighted by molar-refractivity contribution is -0.137. The Labute approximate surface area is 245 Å². The first-order valence-electron chi connectivity index (χ1n) is 14.1. The maximum atomic E-state index is 13.8. The maximum absolute atomic E-state index is 13.8. The van der Waals surface area contributed by atoms with E-state index in [1.807, 2.05) is 6.92 Å². The van der Waals surface area contributed by atoms with Crippen LogP contribution in [0.3, 0.4) is 0 Å². The molecular weight excluding hydrogens is 564 g/mol. The summed E-state index contributed by atoms with van der Waals surface area (Å²) in [5.74, 6) is 0.191. The lowest BCUT2D eigenvalue weighted by Gasteiger charge is -2.18. The monoisotopic (exact) mass is 594 g/mol. The van der Waals surface area contributed by atoms with E-state index in [9.17, 15) is 22.4 Å². The van der Waals surface area contributed by atoms with Gasteiger partial charge in [-0.3, -0.25) is 9.69 Å². The molecule has 1 amide bonds. The predicted molar refractivity (Wildman–Crippen MR) is 155 cm³/mol. The van der Waals surface area contributed by atoms with E-state index in [0.717, 1.165) is 43.6 Å². The lowest BCUT2D eigenvalue weighted by Crippen LogP contribution is -2.22. The van der Waals surface area contributed by atoms with Crippen LogP contribution in [0.5, 0.6) is 0 Å². The largest absolute Gasteiger partial charge is 0.416 e. The third kappa shape index (κ3) is 6.51. The Bertz CT molecular complexity index is 1660. The number of carbonyl (C=O) groups is 1. The van der Waals surface area contributed by atoms with Crippen molar-refractivity contribution in [3.8, 4) is 0 Å². The Kier molecular flexibility index (Phi) is 7.82. The Morgan fingerprint density at radius 3 is 2.60 bits per heavy atom. The molecule has 4 heterocycles. The zero-order valence-electron chi connectivity index (χ0n) is 23.5. The molecule has 2 aromatic carbocycles. The van der Waals surface area contributed by atoms with Crippen molar-refractivity contribution in [3.05, 3.63) is 71.2 Å². The van der Waals surface area contributed by atoms with Crippen LogP contribution in [0.4, 0.5) is 40.7 Å². The van der Waals surface area contributed by atoms with Gasteiger partial charge < -0.3 is 15.5 Å². The van der Waals surface area contributed by atoms with Gasteiger partial charge in [0.05, 0.1) is 18.3 Å². The minimum absolute atomic E-state index is 0.0764. The number of aryl methyl sites for hydroxylation is 1. The summed E-state index contributed by atoms with van der Waals surface area (Å²) in [6.07, 6.45) is -0.125. The number of fused-ring (bicyclic) bond motifs is 1. The predicted octanol–water partition coefficient (Wildman–Crippen LogP) is 5.89. The van der Waals surface area contributed by atoms with Crippen LogP contribution in [-0.4, -0.2) is 63.1 Å². The summed E-state index contributed by atoms with van der Waals surface area (Å²) in [5, 5.41) is 5.86. The number of anilines is 4. The third-order valence-corrected chi connectivity index (χ3v) is 7.71. The Morgan fingerprint density at radius 2 is 1.86 bits per heavy atom. The fourth-order valence-corrected chi connectivity index (χ4v) is 5.43. The van der Waals surface area contributed by atoms with Crippen LogP contribution in [-0.2, 0) is 12.7 Å². The summed E-state index contributed by atoms with van der Waals surface area (Å²) in [4.78, 5) is 34.6. The Morgan fingerprint density at radius 1 is 1.05 bits per heavy atom. The minimum atomic E-state index is -4.55. The molecule has 13 heteroatoms. The first-order valence-corrected chi connectivity index (χ1v) is 14.1. The zero-order chi connectivity index (χ0) is 30.1. The SMILES string of the molecule is Cc1ccc(C(=O)Nc2cc(CN3CCCC3)cc(C(F)(F)F)c2)cc1Nc1ncnc2cnc(N3CC[C@H](F)C3)nc12. The van der Waals surface area contributed by atoms with Gasteiger partial charge in [0.2, 0.25) is 5.95 Å². The number of nitrogens with zero attached hydrogens (tertiary/aromatic N) is 6. The number of alkyl halides is 4. The van der Waals surface area contributed by atoms with Crippen molar-refractivity contribution in [2.24, 2.45) is 0 Å². The van der Waals surface area contributed by atoms with Crippen molar-refractivity contribution in [2.45, 2.75) is 45.1 Å². The number of hydrogen-bond donors (Lipinski definition) is 2. The fourth-order valence-electron chi connectivity index (χ4n) is 5.43. The fraction of sp³-hybridized carbons (Fsp3) is 0.367. The number of carbonyl (C=O) groups excluding carboxylic acids is 1. The molecule has 6 rings (SSSR count). The molecule has 1 atom stereocenters. The summed E-state index contributed by atoms with van der Waals surface area (Å²) < 4.78 is 54.9. The van der Waals surface area contributed by atoms with Crippen molar-refractivity contribution < 1.29 is 22.4 Å². The molecule has 2 aliphatic rings. The maximum Gasteiger partial charge on any atom is 0.416 e. The molecule has 9 nitrogen and oxygen atoms in total. The summed E-state index contributed by atoms with van der Waals surface area (Å²) in [7, 11) is 0. The van der Waals surface area contributed by atoms with Gasteiger partial charge in [0.15, 0.2) is 5.82 Å². The highest BCUT2D eigenvalue weighted by Crippen LogP contribution is 2.33. The number of aromatic nitrogens is 4. The van der Waals surface area contributed by atoms with Gasteiger partial charge in [-0.25, -0.2) is 24.3 Å². The first-order chi connectivity index (χ1) is 20.6. The standard InChI is InChI=1S/C30H30F4N8O/c1-18-4-5-20(28(43)38-23-11-19(15-41-7-2-3-8-41)10-21(13-23)30(32,33)34)12-24(18)39-27-26-25(36-17-37-27)14-35-29(40-26)42-9-6-22(31)16-42/h4-5,10-14,17,22H,2-3,6-9,15-16H2,1H3,(H,38,43)(H,36,37,39)/t22-/m0/s1. The van der Waals surface area contributed by atoms with Crippen LogP contribution >= 0.6 is 0 Å². The molecule has 224 valence electrons. The number of likely N-dealkylation sites (tertiary alicyclic amines) is 1. The molecule has 43 heavy (non-hydrogen) atoms. The van der Waals surface area contributed by atoms with Crippen LogP contribution in [0.15, 0.2) is 48.9 Å².